The Kier molecular flexibility index (Phi) is 6.24. The van der Waals surface area contributed by atoms with Crippen LogP contribution in [0.1, 0.15) is 18.4 Å². The van der Waals surface area contributed by atoms with Crippen LogP contribution in [0.2, 0.25) is 4.34 Å². The number of carbonyl (C=O) groups excluding carboxylic acids is 1. The van der Waals surface area contributed by atoms with E-state index in [1.807, 2.05) is 54.6 Å². The second kappa shape index (κ2) is 9.15. The molecule has 1 saturated heterocycles. The highest BCUT2D eigenvalue weighted by atomic mass is 35.5. The van der Waals surface area contributed by atoms with E-state index in [2.05, 4.69) is 0 Å². The molecule has 0 N–H and O–H groups in total. The first-order chi connectivity index (χ1) is 15.9. The van der Waals surface area contributed by atoms with Crippen LogP contribution in [0.25, 0.3) is 10.2 Å². The quantitative estimate of drug-likeness (QED) is 0.343. The maximum Gasteiger partial charge on any atom is 0.253 e. The number of hydrogen-bond acceptors (Lipinski definition) is 6. The monoisotopic (exact) mass is 517 g/mol. The predicted molar refractivity (Wildman–Crippen MR) is 133 cm³/mol. The van der Waals surface area contributed by atoms with Crippen molar-refractivity contribution >= 4 is 65.6 Å². The van der Waals surface area contributed by atoms with Crippen LogP contribution in [0.4, 0.5) is 5.13 Å². The lowest BCUT2D eigenvalue weighted by Gasteiger charge is -2.28. The van der Waals surface area contributed by atoms with Gasteiger partial charge in [0.15, 0.2) is 5.13 Å². The first kappa shape index (κ1) is 22.5. The van der Waals surface area contributed by atoms with Gasteiger partial charge in [0.25, 0.3) is 10.0 Å². The van der Waals surface area contributed by atoms with Crippen molar-refractivity contribution in [1.29, 1.82) is 0 Å². The minimum Gasteiger partial charge on any atom is -0.282 e. The van der Waals surface area contributed by atoms with Crippen LogP contribution in [-0.4, -0.2) is 36.2 Å². The normalized spacial score (nSPS) is 16.9. The smallest absolute Gasteiger partial charge is 0.253 e. The average molecular weight is 518 g/mol. The van der Waals surface area contributed by atoms with Crippen LogP contribution in [0.5, 0.6) is 0 Å². The summed E-state index contributed by atoms with van der Waals surface area (Å²) in [6.45, 7) is 0.613. The highest BCUT2D eigenvalue weighted by Gasteiger charge is 2.42. The molecule has 5 rings (SSSR count). The topological polar surface area (TPSA) is 70.6 Å². The lowest BCUT2D eigenvalue weighted by Crippen LogP contribution is -2.47. The number of thiazole rings is 1. The van der Waals surface area contributed by atoms with E-state index in [1.54, 1.807) is 11.0 Å². The molecule has 2 aromatic carbocycles. The molecule has 1 fully saturated rings. The Morgan fingerprint density at radius 2 is 1.82 bits per heavy atom. The van der Waals surface area contributed by atoms with E-state index < -0.39 is 16.1 Å². The van der Waals surface area contributed by atoms with E-state index in [4.69, 9.17) is 16.6 Å². The Morgan fingerprint density at radius 3 is 2.55 bits per heavy atom. The maximum atomic E-state index is 13.9. The van der Waals surface area contributed by atoms with Gasteiger partial charge in [-0.2, -0.15) is 4.31 Å². The average Bonchev–Trinajstić information content (AvgIpc) is 3.56. The van der Waals surface area contributed by atoms with Gasteiger partial charge in [0.2, 0.25) is 5.91 Å². The van der Waals surface area contributed by atoms with Crippen molar-refractivity contribution < 1.29 is 13.2 Å². The predicted octanol–water partition coefficient (Wildman–Crippen LogP) is 5.40. The van der Waals surface area contributed by atoms with Crippen molar-refractivity contribution in [2.45, 2.75) is 29.6 Å². The Labute approximate surface area is 205 Å². The highest BCUT2D eigenvalue weighted by Crippen LogP contribution is 2.35. The van der Waals surface area contributed by atoms with Crippen molar-refractivity contribution in [3.63, 3.8) is 0 Å². The number of aromatic nitrogens is 1. The number of amides is 1. The molecule has 0 saturated carbocycles. The summed E-state index contributed by atoms with van der Waals surface area (Å²) in [6.07, 6.45) is 1.08. The summed E-state index contributed by atoms with van der Waals surface area (Å²) in [4.78, 5) is 20.2. The van der Waals surface area contributed by atoms with Crippen molar-refractivity contribution in [2.24, 2.45) is 0 Å². The lowest BCUT2D eigenvalue weighted by atomic mass is 10.1. The van der Waals surface area contributed by atoms with Crippen LogP contribution in [0, 0.1) is 0 Å². The van der Waals surface area contributed by atoms with Gasteiger partial charge in [0, 0.05) is 6.54 Å². The van der Waals surface area contributed by atoms with Crippen LogP contribution in [0.3, 0.4) is 0 Å². The number of benzene rings is 2. The number of carbonyl (C=O) groups is 1. The number of halogens is 1. The Balaban J connectivity index is 1.52. The van der Waals surface area contributed by atoms with Crippen LogP contribution in [0.15, 0.2) is 70.9 Å². The largest absolute Gasteiger partial charge is 0.282 e. The first-order valence-electron chi connectivity index (χ1n) is 10.4. The van der Waals surface area contributed by atoms with E-state index in [0.29, 0.717) is 35.4 Å². The number of fused-ring (bicyclic) bond motifs is 1. The molecule has 6 nitrogen and oxygen atoms in total. The summed E-state index contributed by atoms with van der Waals surface area (Å²) in [5.41, 5.74) is 1.76. The standard InChI is InChI=1S/C23H20ClN3O3S3/c24-20-12-13-21(32-20)33(29,30)27-14-6-10-18(27)22(28)26(15-16-7-2-1-3-8-16)23-25-17-9-4-5-11-19(17)31-23/h1-5,7-9,11-13,18H,6,10,14-15H2. The lowest BCUT2D eigenvalue weighted by molar-refractivity contribution is -0.121. The van der Waals surface area contributed by atoms with Gasteiger partial charge in [-0.15, -0.1) is 11.3 Å². The molecule has 0 aliphatic carbocycles. The van der Waals surface area contributed by atoms with Crippen LogP contribution >= 0.6 is 34.3 Å². The van der Waals surface area contributed by atoms with Gasteiger partial charge in [-0.25, -0.2) is 13.4 Å². The minimum atomic E-state index is -3.82. The summed E-state index contributed by atoms with van der Waals surface area (Å²) in [7, 11) is -3.82. The third kappa shape index (κ3) is 4.43. The van der Waals surface area contributed by atoms with Crippen molar-refractivity contribution in [3.05, 3.63) is 76.6 Å². The number of nitrogens with zero attached hydrogens (tertiary/aromatic N) is 3. The third-order valence-electron chi connectivity index (χ3n) is 5.56. The third-order valence-corrected chi connectivity index (χ3v) is 10.2. The highest BCUT2D eigenvalue weighted by molar-refractivity contribution is 7.91. The molecule has 4 aromatic rings. The molecule has 0 bridgehead atoms. The minimum absolute atomic E-state index is 0.154. The van der Waals surface area contributed by atoms with Gasteiger partial charge >= 0.3 is 0 Å². The zero-order valence-corrected chi connectivity index (χ0v) is 20.6. The summed E-state index contributed by atoms with van der Waals surface area (Å²) < 4.78 is 29.5. The SMILES string of the molecule is O=C(C1CCCN1S(=O)(=O)c1ccc(Cl)s1)N(Cc1ccccc1)c1nc2ccccc2s1. The van der Waals surface area contributed by atoms with E-state index in [-0.39, 0.29) is 10.1 Å². The van der Waals surface area contributed by atoms with Gasteiger partial charge in [-0.1, -0.05) is 65.4 Å². The molecule has 0 radical (unpaired) electrons. The molecule has 2 aromatic heterocycles. The molecule has 1 atom stereocenters. The Morgan fingerprint density at radius 1 is 1.06 bits per heavy atom. The molecule has 1 aliphatic heterocycles. The van der Waals surface area contributed by atoms with E-state index in [9.17, 15) is 13.2 Å². The molecule has 10 heteroatoms. The summed E-state index contributed by atoms with van der Waals surface area (Å²) in [6, 6.07) is 19.7. The molecule has 33 heavy (non-hydrogen) atoms. The molecule has 1 amide bonds. The molecule has 3 heterocycles. The summed E-state index contributed by atoms with van der Waals surface area (Å²) in [5.74, 6) is -0.262. The van der Waals surface area contributed by atoms with E-state index in [1.165, 1.54) is 21.7 Å². The number of thiophene rings is 1. The van der Waals surface area contributed by atoms with Crippen LogP contribution in [-0.2, 0) is 21.4 Å². The Bertz CT molecular complexity index is 1370. The number of rotatable bonds is 6. The molecular weight excluding hydrogens is 498 g/mol. The fraction of sp³-hybridized carbons (Fsp3) is 0.217. The van der Waals surface area contributed by atoms with Crippen molar-refractivity contribution in [3.8, 4) is 0 Å². The van der Waals surface area contributed by atoms with Crippen molar-refractivity contribution in [2.75, 3.05) is 11.4 Å². The maximum absolute atomic E-state index is 13.9. The first-order valence-corrected chi connectivity index (χ1v) is 13.9. The second-order valence-corrected chi connectivity index (χ2v) is 12.5. The fourth-order valence-electron chi connectivity index (χ4n) is 3.99. The molecule has 1 unspecified atom stereocenters. The zero-order valence-electron chi connectivity index (χ0n) is 17.4. The Hall–Kier alpha value is -2.30. The number of hydrogen-bond donors (Lipinski definition) is 0. The molecule has 170 valence electrons. The summed E-state index contributed by atoms with van der Waals surface area (Å²) >= 11 is 8.42. The number of anilines is 1. The summed E-state index contributed by atoms with van der Waals surface area (Å²) in [5, 5.41) is 0.563. The second-order valence-electron chi connectivity index (χ2n) is 7.71. The van der Waals surface area contributed by atoms with Gasteiger partial charge in [0.05, 0.1) is 21.1 Å². The fourth-order valence-corrected chi connectivity index (χ4v) is 8.22. The zero-order chi connectivity index (χ0) is 23.0. The van der Waals surface area contributed by atoms with E-state index >= 15 is 0 Å². The van der Waals surface area contributed by atoms with Crippen LogP contribution < -0.4 is 4.90 Å². The van der Waals surface area contributed by atoms with Gasteiger partial charge in [-0.05, 0) is 42.7 Å². The molecule has 1 aliphatic rings. The van der Waals surface area contributed by atoms with Gasteiger partial charge < -0.3 is 0 Å². The molecular formula is C23H20ClN3O3S3. The van der Waals surface area contributed by atoms with E-state index in [0.717, 1.165) is 27.1 Å². The van der Waals surface area contributed by atoms with Gasteiger partial charge in [0.1, 0.15) is 10.3 Å². The van der Waals surface area contributed by atoms with Gasteiger partial charge in [-0.3, -0.25) is 9.69 Å². The van der Waals surface area contributed by atoms with Crippen molar-refractivity contribution in [1.82, 2.24) is 9.29 Å². The number of para-hydroxylation sites is 1. The number of sulfonamides is 1. The molecule has 0 spiro atoms.